The molecule has 5 heteroatoms. The van der Waals surface area contributed by atoms with E-state index in [1.165, 1.54) is 0 Å². The summed E-state index contributed by atoms with van der Waals surface area (Å²) in [5, 5.41) is 0. The van der Waals surface area contributed by atoms with E-state index in [2.05, 4.69) is 44.8 Å². The fourth-order valence-electron chi connectivity index (χ4n) is 2.08. The summed E-state index contributed by atoms with van der Waals surface area (Å²) in [5.41, 5.74) is 0.389. The predicted octanol–water partition coefficient (Wildman–Crippen LogP) is 3.11. The van der Waals surface area contributed by atoms with Gasteiger partial charge in [0.15, 0.2) is 0 Å². The fraction of sp³-hybridized carbons (Fsp3) is 0.400. The van der Waals surface area contributed by atoms with E-state index in [4.69, 9.17) is 9.31 Å². The van der Waals surface area contributed by atoms with Gasteiger partial charge in [0, 0.05) is 11.0 Å². The van der Waals surface area contributed by atoms with Crippen LogP contribution in [-0.2, 0) is 9.31 Å². The molecule has 104 valence electrons. The van der Waals surface area contributed by atoms with Crippen LogP contribution in [0.2, 0.25) is 0 Å². The van der Waals surface area contributed by atoms with Gasteiger partial charge in [-0.3, -0.25) is 4.98 Å². The van der Waals surface area contributed by atoms with Crippen LogP contribution in [0.15, 0.2) is 36.5 Å². The summed E-state index contributed by atoms with van der Waals surface area (Å²) >= 11 is 1.67. The summed E-state index contributed by atoms with van der Waals surface area (Å²) in [5.74, 6) is 0. The number of hydrogen-bond donors (Lipinski definition) is 0. The van der Waals surface area contributed by atoms with E-state index < -0.39 is 0 Å². The van der Waals surface area contributed by atoms with Crippen molar-refractivity contribution in [3.8, 4) is 10.6 Å². The average molecular weight is 287 g/mol. The summed E-state index contributed by atoms with van der Waals surface area (Å²) in [6.07, 6.45) is 1.81. The highest BCUT2D eigenvalue weighted by atomic mass is 32.1. The number of hydrogen-bond acceptors (Lipinski definition) is 4. The normalized spacial score (nSPS) is 20.3. The topological polar surface area (TPSA) is 31.4 Å². The van der Waals surface area contributed by atoms with Gasteiger partial charge in [0.1, 0.15) is 0 Å². The van der Waals surface area contributed by atoms with Gasteiger partial charge in [0.05, 0.1) is 21.8 Å². The van der Waals surface area contributed by atoms with Crippen molar-refractivity contribution in [1.82, 2.24) is 4.98 Å². The number of nitrogens with zero attached hydrogens (tertiary/aromatic N) is 1. The van der Waals surface area contributed by atoms with Crippen LogP contribution in [0, 0.1) is 0 Å². The number of rotatable bonds is 2. The molecule has 2 aromatic heterocycles. The molecule has 20 heavy (non-hydrogen) atoms. The Morgan fingerprint density at radius 3 is 2.30 bits per heavy atom. The first-order chi connectivity index (χ1) is 9.39. The average Bonchev–Trinajstić information content (AvgIpc) is 2.94. The van der Waals surface area contributed by atoms with Crippen molar-refractivity contribution in [1.29, 1.82) is 0 Å². The quantitative estimate of drug-likeness (QED) is 0.795. The van der Waals surface area contributed by atoms with Gasteiger partial charge in [0.25, 0.3) is 0 Å². The summed E-state index contributed by atoms with van der Waals surface area (Å²) in [4.78, 5) is 5.51. The van der Waals surface area contributed by atoms with E-state index in [0.717, 1.165) is 15.3 Å². The summed E-state index contributed by atoms with van der Waals surface area (Å²) in [6, 6.07) is 10.1. The molecule has 0 amide bonds. The number of thiophene rings is 1. The minimum atomic E-state index is -0.299. The Balaban J connectivity index is 1.86. The van der Waals surface area contributed by atoms with E-state index in [-0.39, 0.29) is 18.3 Å². The molecule has 1 saturated heterocycles. The van der Waals surface area contributed by atoms with Crippen molar-refractivity contribution >= 4 is 23.2 Å². The van der Waals surface area contributed by atoms with E-state index in [0.29, 0.717) is 0 Å². The molecule has 2 aromatic rings. The maximum absolute atomic E-state index is 6.07. The fourth-order valence-corrected chi connectivity index (χ4v) is 3.03. The van der Waals surface area contributed by atoms with E-state index >= 15 is 0 Å². The van der Waals surface area contributed by atoms with Gasteiger partial charge >= 0.3 is 7.12 Å². The third kappa shape index (κ3) is 2.30. The molecular formula is C15H18BNO2S. The zero-order valence-corrected chi connectivity index (χ0v) is 13.0. The Kier molecular flexibility index (Phi) is 3.24. The Labute approximate surface area is 124 Å². The molecule has 0 bridgehead atoms. The van der Waals surface area contributed by atoms with Gasteiger partial charge in [-0.2, -0.15) is 0 Å². The molecule has 0 saturated carbocycles. The molecule has 0 aliphatic carbocycles. The van der Waals surface area contributed by atoms with Gasteiger partial charge in [-0.1, -0.05) is 12.1 Å². The zero-order chi connectivity index (χ0) is 14.4. The smallest absolute Gasteiger partial charge is 0.399 e. The van der Waals surface area contributed by atoms with Crippen LogP contribution in [0.5, 0.6) is 0 Å². The van der Waals surface area contributed by atoms with E-state index in [9.17, 15) is 0 Å². The molecule has 3 nitrogen and oxygen atoms in total. The van der Waals surface area contributed by atoms with Crippen LogP contribution in [0.25, 0.3) is 10.6 Å². The highest BCUT2D eigenvalue weighted by molar-refractivity contribution is 7.25. The second-order valence-corrected chi connectivity index (χ2v) is 7.12. The summed E-state index contributed by atoms with van der Waals surface area (Å²) < 4.78 is 13.2. The maximum atomic E-state index is 6.07. The van der Waals surface area contributed by atoms with Gasteiger partial charge < -0.3 is 9.31 Å². The predicted molar refractivity (Wildman–Crippen MR) is 83.3 cm³/mol. The summed E-state index contributed by atoms with van der Waals surface area (Å²) in [6.45, 7) is 8.28. The zero-order valence-electron chi connectivity index (χ0n) is 12.2. The molecular weight excluding hydrogens is 269 g/mol. The van der Waals surface area contributed by atoms with Crippen LogP contribution in [0.4, 0.5) is 0 Å². The second-order valence-electron chi connectivity index (χ2n) is 6.01. The van der Waals surface area contributed by atoms with Crippen molar-refractivity contribution in [2.45, 2.75) is 38.9 Å². The second kappa shape index (κ2) is 4.69. The van der Waals surface area contributed by atoms with Crippen LogP contribution >= 0.6 is 11.3 Å². The van der Waals surface area contributed by atoms with E-state index in [1.54, 1.807) is 11.3 Å². The van der Waals surface area contributed by atoms with Crippen molar-refractivity contribution in [3.63, 3.8) is 0 Å². The lowest BCUT2D eigenvalue weighted by Gasteiger charge is -2.32. The Morgan fingerprint density at radius 2 is 1.70 bits per heavy atom. The molecule has 0 radical (unpaired) electrons. The van der Waals surface area contributed by atoms with Crippen molar-refractivity contribution in [2.75, 3.05) is 0 Å². The molecule has 1 aliphatic rings. The van der Waals surface area contributed by atoms with Crippen molar-refractivity contribution in [2.24, 2.45) is 0 Å². The standard InChI is InChI=1S/C15H18BNO2S/c1-14(2)15(3,4)19-16(18-14)13-9-8-12(20-13)11-7-5-6-10-17-11/h5-10H,1-4H3. The molecule has 0 N–H and O–H groups in total. The molecule has 3 heterocycles. The number of pyridine rings is 1. The Bertz CT molecular complexity index is 593. The molecule has 0 unspecified atom stereocenters. The molecule has 0 aromatic carbocycles. The first-order valence-electron chi connectivity index (χ1n) is 6.76. The van der Waals surface area contributed by atoms with Gasteiger partial charge in [-0.05, 0) is 45.9 Å². The minimum absolute atomic E-state index is 0.289. The van der Waals surface area contributed by atoms with Crippen LogP contribution in [0.1, 0.15) is 27.7 Å². The third-order valence-electron chi connectivity index (χ3n) is 4.03. The van der Waals surface area contributed by atoms with Crippen LogP contribution in [-0.4, -0.2) is 23.3 Å². The lowest BCUT2D eigenvalue weighted by atomic mass is 9.88. The highest BCUT2D eigenvalue weighted by Gasteiger charge is 2.52. The minimum Gasteiger partial charge on any atom is -0.399 e. The van der Waals surface area contributed by atoms with Crippen molar-refractivity contribution < 1.29 is 9.31 Å². The monoisotopic (exact) mass is 287 g/mol. The first-order valence-corrected chi connectivity index (χ1v) is 7.57. The Hall–Kier alpha value is -1.17. The van der Waals surface area contributed by atoms with Gasteiger partial charge in [-0.25, -0.2) is 0 Å². The summed E-state index contributed by atoms with van der Waals surface area (Å²) in [7, 11) is -0.289. The van der Waals surface area contributed by atoms with Gasteiger partial charge in [-0.15, -0.1) is 11.3 Å². The third-order valence-corrected chi connectivity index (χ3v) is 5.16. The van der Waals surface area contributed by atoms with Crippen molar-refractivity contribution in [3.05, 3.63) is 36.5 Å². The molecule has 0 atom stereocenters. The molecule has 0 spiro atoms. The Morgan fingerprint density at radius 1 is 1.00 bits per heavy atom. The molecule has 1 fully saturated rings. The van der Waals surface area contributed by atoms with Crippen LogP contribution < -0.4 is 4.78 Å². The lowest BCUT2D eigenvalue weighted by molar-refractivity contribution is 0.00578. The van der Waals surface area contributed by atoms with E-state index in [1.807, 2.05) is 24.4 Å². The largest absolute Gasteiger partial charge is 0.505 e. The molecule has 1 aliphatic heterocycles. The van der Waals surface area contributed by atoms with Gasteiger partial charge in [0.2, 0.25) is 0 Å². The number of aromatic nitrogens is 1. The maximum Gasteiger partial charge on any atom is 0.505 e. The molecule has 3 rings (SSSR count). The lowest BCUT2D eigenvalue weighted by Crippen LogP contribution is -2.41. The van der Waals surface area contributed by atoms with Crippen LogP contribution in [0.3, 0.4) is 0 Å². The highest BCUT2D eigenvalue weighted by Crippen LogP contribution is 2.37. The SMILES string of the molecule is CC1(C)OB(c2ccc(-c3ccccn3)s2)OC1(C)C. The first kappa shape index (κ1) is 13.8.